The Labute approximate surface area is 174 Å². The average Bonchev–Trinajstić information content (AvgIpc) is 3.04. The molecule has 0 amide bonds. The molecule has 0 bridgehead atoms. The minimum absolute atomic E-state index is 0.0703. The van der Waals surface area contributed by atoms with Crippen molar-refractivity contribution in [2.75, 3.05) is 43.4 Å². The Balaban J connectivity index is 1.84. The van der Waals surface area contributed by atoms with Crippen molar-refractivity contribution in [2.45, 2.75) is 11.3 Å². The van der Waals surface area contributed by atoms with Gasteiger partial charge in [-0.3, -0.25) is 4.72 Å². The van der Waals surface area contributed by atoms with Crippen molar-refractivity contribution in [3.8, 4) is 0 Å². The molecule has 2 aromatic rings. The van der Waals surface area contributed by atoms with Crippen LogP contribution in [0.5, 0.6) is 0 Å². The molecule has 28 heavy (non-hydrogen) atoms. The van der Waals surface area contributed by atoms with Crippen LogP contribution < -0.4 is 9.62 Å². The van der Waals surface area contributed by atoms with Crippen molar-refractivity contribution in [1.29, 1.82) is 0 Å². The van der Waals surface area contributed by atoms with Gasteiger partial charge in [0, 0.05) is 19.6 Å². The summed E-state index contributed by atoms with van der Waals surface area (Å²) in [6, 6.07) is 6.88. The number of anilines is 2. The lowest BCUT2D eigenvalue weighted by atomic mass is 10.1. The molecule has 2 heterocycles. The minimum atomic E-state index is -4.07. The molecule has 6 nitrogen and oxygen atoms in total. The number of pyridine rings is 1. The van der Waals surface area contributed by atoms with E-state index in [9.17, 15) is 12.8 Å². The van der Waals surface area contributed by atoms with Crippen molar-refractivity contribution in [3.05, 3.63) is 46.3 Å². The molecule has 152 valence electrons. The number of hydrogen-bond donors (Lipinski definition) is 1. The second-order valence-corrected chi connectivity index (χ2v) is 9.43. The predicted molar refractivity (Wildman–Crippen MR) is 110 cm³/mol. The van der Waals surface area contributed by atoms with E-state index >= 15 is 0 Å². The minimum Gasteiger partial charge on any atom is -0.370 e. The lowest BCUT2D eigenvalue weighted by Gasteiger charge is -2.22. The summed E-state index contributed by atoms with van der Waals surface area (Å²) < 4.78 is 40.8. The van der Waals surface area contributed by atoms with Gasteiger partial charge in [0.2, 0.25) is 5.95 Å². The molecule has 1 unspecified atom stereocenters. The Morgan fingerprint density at radius 2 is 2.00 bits per heavy atom. The van der Waals surface area contributed by atoms with Crippen LogP contribution in [0.1, 0.15) is 6.42 Å². The van der Waals surface area contributed by atoms with Crippen LogP contribution in [0.15, 0.2) is 35.2 Å². The van der Waals surface area contributed by atoms with Gasteiger partial charge in [0.05, 0.1) is 15.7 Å². The van der Waals surface area contributed by atoms with E-state index in [4.69, 9.17) is 23.2 Å². The zero-order chi connectivity index (χ0) is 20.5. The van der Waals surface area contributed by atoms with Crippen LogP contribution >= 0.6 is 23.2 Å². The number of rotatable bonds is 6. The fourth-order valence-electron chi connectivity index (χ4n) is 3.35. The molecular formula is C18H21Cl2FN4O2S. The number of aromatic nitrogens is 1. The highest BCUT2D eigenvalue weighted by molar-refractivity contribution is 7.92. The highest BCUT2D eigenvalue weighted by Gasteiger charge is 2.28. The molecule has 10 heteroatoms. The Morgan fingerprint density at radius 3 is 2.68 bits per heavy atom. The third kappa shape index (κ3) is 4.68. The summed E-state index contributed by atoms with van der Waals surface area (Å²) in [4.78, 5) is 7.58. The molecule has 1 aliphatic rings. The second kappa shape index (κ2) is 8.41. The molecule has 1 aromatic heterocycles. The molecule has 1 aliphatic heterocycles. The molecule has 0 saturated carbocycles. The van der Waals surface area contributed by atoms with Crippen LogP contribution in [-0.4, -0.2) is 52.0 Å². The summed E-state index contributed by atoms with van der Waals surface area (Å²) >= 11 is 12.7. The van der Waals surface area contributed by atoms with Crippen molar-refractivity contribution in [1.82, 2.24) is 9.88 Å². The molecular weight excluding hydrogens is 426 g/mol. The highest BCUT2D eigenvalue weighted by Crippen LogP contribution is 2.39. The monoisotopic (exact) mass is 446 g/mol. The van der Waals surface area contributed by atoms with E-state index < -0.39 is 16.0 Å². The van der Waals surface area contributed by atoms with Gasteiger partial charge in [-0.05, 0) is 50.7 Å². The first-order valence-corrected chi connectivity index (χ1v) is 10.9. The van der Waals surface area contributed by atoms with E-state index in [2.05, 4.69) is 19.5 Å². The van der Waals surface area contributed by atoms with E-state index in [1.165, 1.54) is 18.2 Å². The highest BCUT2D eigenvalue weighted by atomic mass is 35.5. The van der Waals surface area contributed by atoms with Gasteiger partial charge in [-0.15, -0.1) is 0 Å². The maximum absolute atomic E-state index is 13.2. The number of benzene rings is 1. The first-order chi connectivity index (χ1) is 13.2. The summed E-state index contributed by atoms with van der Waals surface area (Å²) in [6.07, 6.45) is 1.03. The first-order valence-electron chi connectivity index (χ1n) is 8.70. The van der Waals surface area contributed by atoms with Crippen LogP contribution in [0.4, 0.5) is 15.9 Å². The van der Waals surface area contributed by atoms with E-state index in [-0.39, 0.29) is 20.8 Å². The summed E-state index contributed by atoms with van der Waals surface area (Å²) in [6.45, 7) is 2.62. The van der Waals surface area contributed by atoms with Gasteiger partial charge in [-0.25, -0.2) is 13.4 Å². The molecule has 3 rings (SSSR count). The van der Waals surface area contributed by atoms with E-state index in [0.29, 0.717) is 11.6 Å². The fraction of sp³-hybridized carbons (Fsp3) is 0.389. The van der Waals surface area contributed by atoms with Crippen LogP contribution in [0.2, 0.25) is 10.0 Å². The number of nitrogens with zero attached hydrogens (tertiary/aromatic N) is 3. The molecule has 0 aliphatic carbocycles. The summed E-state index contributed by atoms with van der Waals surface area (Å²) in [7, 11) is -0.00226. The lowest BCUT2D eigenvalue weighted by molar-refractivity contribution is 0.340. The number of hydrogen-bond acceptors (Lipinski definition) is 5. The molecule has 1 saturated heterocycles. The van der Waals surface area contributed by atoms with Crippen molar-refractivity contribution in [2.24, 2.45) is 5.92 Å². The summed E-state index contributed by atoms with van der Waals surface area (Å²) in [5, 5.41) is 0.112. The Hall–Kier alpha value is -1.61. The summed E-state index contributed by atoms with van der Waals surface area (Å²) in [5.74, 6) is -0.419. The van der Waals surface area contributed by atoms with E-state index in [1.807, 2.05) is 14.1 Å². The smallest absolute Gasteiger partial charge is 0.264 e. The maximum Gasteiger partial charge on any atom is 0.264 e. The van der Waals surface area contributed by atoms with E-state index in [1.54, 1.807) is 6.07 Å². The Bertz CT molecular complexity index is 972. The molecule has 0 spiro atoms. The maximum atomic E-state index is 13.2. The molecule has 1 N–H and O–H groups in total. The summed E-state index contributed by atoms with van der Waals surface area (Å²) in [5.41, 5.74) is 0.704. The normalized spacial score (nSPS) is 17.4. The molecule has 1 fully saturated rings. The van der Waals surface area contributed by atoms with Crippen molar-refractivity contribution < 1.29 is 12.8 Å². The number of sulfonamides is 1. The molecule has 1 aromatic carbocycles. The van der Waals surface area contributed by atoms with Gasteiger partial charge < -0.3 is 9.80 Å². The largest absolute Gasteiger partial charge is 0.370 e. The standard InChI is InChI=1S/C18H21Cl2FN4O2S/c1-24(2)10-12-8-9-25(11-12)13-6-7-14(18(20)17(13)19)28(26,27)23-16-5-3-4-15(21)22-16/h3-7,12H,8-11H2,1-2H3,(H,22,23). The predicted octanol–water partition coefficient (Wildman–Crippen LogP) is 3.72. The third-order valence-corrected chi connectivity index (χ3v) is 6.90. The number of nitrogens with one attached hydrogen (secondary N) is 1. The van der Waals surface area contributed by atoms with Crippen molar-refractivity contribution >= 4 is 44.7 Å². The average molecular weight is 447 g/mol. The topological polar surface area (TPSA) is 65.5 Å². The van der Waals surface area contributed by atoms with Gasteiger partial charge in [0.1, 0.15) is 10.7 Å². The SMILES string of the molecule is CN(C)CC1CCN(c2ccc(S(=O)(=O)Nc3cccc(F)n3)c(Cl)c2Cl)C1. The lowest BCUT2D eigenvalue weighted by Crippen LogP contribution is -2.26. The van der Waals surface area contributed by atoms with Gasteiger partial charge in [-0.2, -0.15) is 4.39 Å². The van der Waals surface area contributed by atoms with Gasteiger partial charge in [0.15, 0.2) is 0 Å². The van der Waals surface area contributed by atoms with Crippen LogP contribution in [0.25, 0.3) is 0 Å². The van der Waals surface area contributed by atoms with E-state index in [0.717, 1.165) is 32.1 Å². The quantitative estimate of drug-likeness (QED) is 0.684. The first kappa shape index (κ1) is 21.1. The molecule has 1 atom stereocenters. The van der Waals surface area contributed by atoms with Gasteiger partial charge in [-0.1, -0.05) is 29.3 Å². The van der Waals surface area contributed by atoms with Gasteiger partial charge >= 0.3 is 0 Å². The van der Waals surface area contributed by atoms with Crippen LogP contribution in [0, 0.1) is 11.9 Å². The second-order valence-electron chi connectivity index (χ2n) is 7.02. The zero-order valence-electron chi connectivity index (χ0n) is 15.5. The van der Waals surface area contributed by atoms with Gasteiger partial charge in [0.25, 0.3) is 10.0 Å². The number of halogens is 3. The van der Waals surface area contributed by atoms with Crippen molar-refractivity contribution in [3.63, 3.8) is 0 Å². The zero-order valence-corrected chi connectivity index (χ0v) is 17.8. The van der Waals surface area contributed by atoms with Crippen LogP contribution in [-0.2, 0) is 10.0 Å². The Kier molecular flexibility index (Phi) is 6.34. The molecule has 0 radical (unpaired) electrons. The fourth-order valence-corrected chi connectivity index (χ4v) is 5.24. The third-order valence-electron chi connectivity index (χ3n) is 4.52. The Morgan fingerprint density at radius 1 is 1.25 bits per heavy atom. The van der Waals surface area contributed by atoms with Crippen LogP contribution in [0.3, 0.4) is 0 Å².